The van der Waals surface area contributed by atoms with Gasteiger partial charge in [0.05, 0.1) is 26.5 Å². The molecule has 0 aromatic heterocycles. The molecular formula is C20H27F2N3O4. The fraction of sp³-hybridized carbons (Fsp3) is 0.600. The molecule has 0 amide bonds. The highest BCUT2D eigenvalue weighted by atomic mass is 19.2. The maximum atomic E-state index is 14.5. The number of morpholine rings is 1. The second-order valence-corrected chi connectivity index (χ2v) is 7.32. The molecule has 3 rings (SSSR count). The van der Waals surface area contributed by atoms with Crippen molar-refractivity contribution in [3.8, 4) is 5.75 Å². The van der Waals surface area contributed by atoms with E-state index in [9.17, 15) is 13.6 Å². The van der Waals surface area contributed by atoms with Crippen LogP contribution in [0.2, 0.25) is 0 Å². The average molecular weight is 411 g/mol. The summed E-state index contributed by atoms with van der Waals surface area (Å²) in [4.78, 5) is 14.2. The van der Waals surface area contributed by atoms with Crippen molar-refractivity contribution in [1.82, 2.24) is 9.91 Å². The van der Waals surface area contributed by atoms with E-state index in [1.807, 2.05) is 0 Å². The van der Waals surface area contributed by atoms with Crippen LogP contribution in [0.1, 0.15) is 25.3 Å². The molecule has 7 nitrogen and oxygen atoms in total. The van der Waals surface area contributed by atoms with Gasteiger partial charge in [0.1, 0.15) is 6.61 Å². The Hall–Kier alpha value is -2.26. The molecule has 2 fully saturated rings. The third-order valence-electron chi connectivity index (χ3n) is 5.41. The fourth-order valence-electron chi connectivity index (χ4n) is 3.56. The molecule has 29 heavy (non-hydrogen) atoms. The number of hydrazone groups is 1. The lowest BCUT2D eigenvalue weighted by molar-refractivity contribution is -0.152. The minimum absolute atomic E-state index is 0.0119. The average Bonchev–Trinajstić information content (AvgIpc) is 3.12. The van der Waals surface area contributed by atoms with Gasteiger partial charge in [-0.15, -0.1) is 0 Å². The number of hydrogen-bond acceptors (Lipinski definition) is 7. The van der Waals surface area contributed by atoms with Crippen LogP contribution in [0.25, 0.3) is 0 Å². The number of ether oxygens (including phenoxy) is 3. The second kappa shape index (κ2) is 9.49. The Balaban J connectivity index is 1.63. The molecule has 2 saturated heterocycles. The minimum Gasteiger partial charge on any atom is -0.489 e. The molecular weight excluding hydrogens is 384 g/mol. The second-order valence-electron chi connectivity index (χ2n) is 7.32. The summed E-state index contributed by atoms with van der Waals surface area (Å²) >= 11 is 0. The van der Waals surface area contributed by atoms with Crippen LogP contribution in [0, 0.1) is 11.6 Å². The summed E-state index contributed by atoms with van der Waals surface area (Å²) < 4.78 is 44.4. The van der Waals surface area contributed by atoms with Crippen molar-refractivity contribution < 1.29 is 27.8 Å². The van der Waals surface area contributed by atoms with Gasteiger partial charge in [-0.25, -0.2) is 9.18 Å². The van der Waals surface area contributed by atoms with Gasteiger partial charge in [0.15, 0.2) is 17.1 Å². The summed E-state index contributed by atoms with van der Waals surface area (Å²) in [5, 5.41) is 5.77. The number of halogens is 2. The van der Waals surface area contributed by atoms with Crippen LogP contribution in [-0.4, -0.2) is 80.7 Å². The van der Waals surface area contributed by atoms with Gasteiger partial charge < -0.3 is 14.2 Å². The quantitative estimate of drug-likeness (QED) is 0.506. The van der Waals surface area contributed by atoms with E-state index in [0.29, 0.717) is 32.7 Å². The number of carbonyl (C=O) groups excluding carboxylic acids is 1. The largest absolute Gasteiger partial charge is 0.489 e. The molecule has 1 aromatic carbocycles. The van der Waals surface area contributed by atoms with Crippen molar-refractivity contribution in [2.24, 2.45) is 5.10 Å². The number of methoxy groups -OCH3 is 1. The van der Waals surface area contributed by atoms with Gasteiger partial charge in [-0.05, 0) is 31.9 Å². The molecule has 0 radical (unpaired) electrons. The van der Waals surface area contributed by atoms with E-state index in [0.717, 1.165) is 19.5 Å². The first-order valence-electron chi connectivity index (χ1n) is 9.76. The Morgan fingerprint density at radius 3 is 2.76 bits per heavy atom. The fourth-order valence-corrected chi connectivity index (χ4v) is 3.56. The predicted molar refractivity (Wildman–Crippen MR) is 103 cm³/mol. The SMILES string of the molecule is COC(=O)[C@@]1(C)CCCN1/N=C/c1ccc(OCCN2CCOCC2)c(F)c1F. The molecule has 160 valence electrons. The van der Waals surface area contributed by atoms with Crippen LogP contribution in [0.15, 0.2) is 17.2 Å². The molecule has 9 heteroatoms. The molecule has 1 aromatic rings. The first-order chi connectivity index (χ1) is 14.0. The molecule has 2 aliphatic rings. The summed E-state index contributed by atoms with van der Waals surface area (Å²) in [6.45, 7) is 6.09. The van der Waals surface area contributed by atoms with Crippen molar-refractivity contribution in [1.29, 1.82) is 0 Å². The van der Waals surface area contributed by atoms with Crippen molar-refractivity contribution in [2.75, 3.05) is 53.1 Å². The zero-order valence-corrected chi connectivity index (χ0v) is 16.8. The zero-order valence-electron chi connectivity index (χ0n) is 16.8. The van der Waals surface area contributed by atoms with E-state index in [2.05, 4.69) is 10.0 Å². The molecule has 0 unspecified atom stereocenters. The minimum atomic E-state index is -1.05. The van der Waals surface area contributed by atoms with Crippen molar-refractivity contribution in [3.63, 3.8) is 0 Å². The number of rotatable bonds is 7. The van der Waals surface area contributed by atoms with Crippen LogP contribution in [0.3, 0.4) is 0 Å². The first kappa shape index (κ1) is 21.4. The van der Waals surface area contributed by atoms with Gasteiger partial charge in [-0.2, -0.15) is 9.49 Å². The van der Waals surface area contributed by atoms with Crippen LogP contribution >= 0.6 is 0 Å². The molecule has 0 N–H and O–H groups in total. The number of carbonyl (C=O) groups is 1. The third kappa shape index (κ3) is 4.84. The molecule has 0 saturated carbocycles. The summed E-state index contributed by atoms with van der Waals surface area (Å²) in [5.41, 5.74) is -0.912. The van der Waals surface area contributed by atoms with Crippen LogP contribution in [-0.2, 0) is 14.3 Å². The summed E-state index contributed by atoms with van der Waals surface area (Å²) in [7, 11) is 1.32. The highest BCUT2D eigenvalue weighted by Gasteiger charge is 2.44. The summed E-state index contributed by atoms with van der Waals surface area (Å²) in [6.07, 6.45) is 2.57. The smallest absolute Gasteiger partial charge is 0.333 e. The monoisotopic (exact) mass is 411 g/mol. The van der Waals surface area contributed by atoms with Gasteiger partial charge in [-0.1, -0.05) is 0 Å². The molecule has 2 heterocycles. The number of nitrogens with zero attached hydrogens (tertiary/aromatic N) is 3. The van der Waals surface area contributed by atoms with E-state index in [4.69, 9.17) is 14.2 Å². The summed E-state index contributed by atoms with van der Waals surface area (Å²) in [5.74, 6) is -2.61. The van der Waals surface area contributed by atoms with Gasteiger partial charge >= 0.3 is 5.97 Å². The van der Waals surface area contributed by atoms with Gasteiger partial charge in [0, 0.05) is 31.7 Å². The Morgan fingerprint density at radius 1 is 1.28 bits per heavy atom. The van der Waals surface area contributed by atoms with Crippen LogP contribution < -0.4 is 4.74 Å². The maximum Gasteiger partial charge on any atom is 0.333 e. The van der Waals surface area contributed by atoms with Crippen molar-refractivity contribution in [3.05, 3.63) is 29.3 Å². The maximum absolute atomic E-state index is 14.5. The van der Waals surface area contributed by atoms with Gasteiger partial charge in [0.2, 0.25) is 5.82 Å². The highest BCUT2D eigenvalue weighted by molar-refractivity contribution is 5.82. The Kier molecular flexibility index (Phi) is 7.02. The van der Waals surface area contributed by atoms with E-state index >= 15 is 0 Å². The van der Waals surface area contributed by atoms with E-state index in [-0.39, 0.29) is 17.9 Å². The van der Waals surface area contributed by atoms with E-state index < -0.39 is 23.1 Å². The topological polar surface area (TPSA) is 63.6 Å². The van der Waals surface area contributed by atoms with E-state index in [1.165, 1.54) is 25.5 Å². The Labute approximate surface area is 169 Å². The molecule has 1 atom stereocenters. The molecule has 2 aliphatic heterocycles. The third-order valence-corrected chi connectivity index (χ3v) is 5.41. The molecule has 0 spiro atoms. The van der Waals surface area contributed by atoms with Crippen molar-refractivity contribution >= 4 is 12.2 Å². The number of esters is 1. The van der Waals surface area contributed by atoms with Gasteiger partial charge in [0.25, 0.3) is 0 Å². The normalized spacial score (nSPS) is 23.0. The molecule has 0 bridgehead atoms. The predicted octanol–water partition coefficient (Wildman–Crippen LogP) is 2.04. The van der Waals surface area contributed by atoms with Crippen molar-refractivity contribution in [2.45, 2.75) is 25.3 Å². The first-order valence-corrected chi connectivity index (χ1v) is 9.76. The molecule has 0 aliphatic carbocycles. The lowest BCUT2D eigenvalue weighted by Gasteiger charge is -2.29. The lowest BCUT2D eigenvalue weighted by atomic mass is 10.0. The van der Waals surface area contributed by atoms with E-state index in [1.54, 1.807) is 11.9 Å². The Morgan fingerprint density at radius 2 is 2.03 bits per heavy atom. The van der Waals surface area contributed by atoms with Crippen LogP contribution in [0.5, 0.6) is 5.75 Å². The standard InChI is InChI=1S/C20H27F2N3O4/c1-20(19(26)27-2)6-3-7-25(20)23-14-15-4-5-16(18(22)17(15)21)29-13-10-24-8-11-28-12-9-24/h4-5,14H,3,6-13H2,1-2H3/b23-14+/t20-/m1/s1. The number of hydrogen-bond donors (Lipinski definition) is 0. The summed E-state index contributed by atoms with van der Waals surface area (Å²) in [6, 6.07) is 2.81. The number of benzene rings is 1. The highest BCUT2D eigenvalue weighted by Crippen LogP contribution is 2.30. The lowest BCUT2D eigenvalue weighted by Crippen LogP contribution is -2.45. The van der Waals surface area contributed by atoms with Gasteiger partial charge in [-0.3, -0.25) is 9.91 Å². The van der Waals surface area contributed by atoms with Crippen LogP contribution in [0.4, 0.5) is 8.78 Å². The zero-order chi connectivity index (χ0) is 20.9. The Bertz CT molecular complexity index is 755.